The van der Waals surface area contributed by atoms with Crippen molar-refractivity contribution < 1.29 is 14.3 Å². The summed E-state index contributed by atoms with van der Waals surface area (Å²) in [6.07, 6.45) is 4.85. The van der Waals surface area contributed by atoms with Gasteiger partial charge >= 0.3 is 0 Å². The molecule has 146 valence electrons. The molecule has 0 spiro atoms. The van der Waals surface area contributed by atoms with Crippen molar-refractivity contribution in [3.8, 4) is 0 Å². The Hall–Kier alpha value is -1.92. The minimum atomic E-state index is -0.0658. The maximum Gasteiger partial charge on any atom is 0.254 e. The molecule has 4 rings (SSSR count). The minimum absolute atomic E-state index is 0.0658. The molecule has 0 saturated carbocycles. The number of fused-ring (bicyclic) bond motifs is 1. The molecular weight excluding hydrogens is 342 g/mol. The number of likely N-dealkylation sites (tertiary alicyclic amines) is 1. The number of benzene rings is 1. The van der Waals surface area contributed by atoms with Gasteiger partial charge in [0.15, 0.2) is 0 Å². The van der Waals surface area contributed by atoms with Crippen LogP contribution in [0.15, 0.2) is 18.2 Å². The number of carbonyl (C=O) groups is 2. The van der Waals surface area contributed by atoms with Crippen molar-refractivity contribution in [2.24, 2.45) is 5.92 Å². The molecule has 3 heterocycles. The van der Waals surface area contributed by atoms with Gasteiger partial charge in [-0.05, 0) is 56.1 Å². The smallest absolute Gasteiger partial charge is 0.254 e. The average molecular weight is 371 g/mol. The quantitative estimate of drug-likeness (QED) is 0.830. The van der Waals surface area contributed by atoms with E-state index in [1.54, 1.807) is 6.07 Å². The lowest BCUT2D eigenvalue weighted by molar-refractivity contribution is 0.0752. The van der Waals surface area contributed by atoms with E-state index >= 15 is 0 Å². The molecule has 3 aliphatic heterocycles. The Morgan fingerprint density at radius 3 is 2.81 bits per heavy atom. The van der Waals surface area contributed by atoms with Gasteiger partial charge < -0.3 is 19.9 Å². The molecule has 1 aromatic carbocycles. The van der Waals surface area contributed by atoms with E-state index in [-0.39, 0.29) is 11.8 Å². The second kappa shape index (κ2) is 8.40. The first-order valence-corrected chi connectivity index (χ1v) is 10.2. The third-order valence-electron chi connectivity index (χ3n) is 5.96. The van der Waals surface area contributed by atoms with Crippen molar-refractivity contribution in [2.45, 2.75) is 32.2 Å². The Morgan fingerprint density at radius 1 is 1.19 bits per heavy atom. The average Bonchev–Trinajstić information content (AvgIpc) is 3.33. The predicted molar refractivity (Wildman–Crippen MR) is 103 cm³/mol. The summed E-state index contributed by atoms with van der Waals surface area (Å²) in [5, 5.41) is 3.00. The Morgan fingerprint density at radius 2 is 2.04 bits per heavy atom. The highest BCUT2D eigenvalue weighted by molar-refractivity contribution is 6.01. The molecule has 1 aromatic rings. The highest BCUT2D eigenvalue weighted by atomic mass is 16.5. The minimum Gasteiger partial charge on any atom is -0.381 e. The van der Waals surface area contributed by atoms with Crippen LogP contribution in [0.1, 0.15) is 52.0 Å². The zero-order valence-corrected chi connectivity index (χ0v) is 15.9. The van der Waals surface area contributed by atoms with E-state index in [4.69, 9.17) is 4.74 Å². The van der Waals surface area contributed by atoms with Gasteiger partial charge in [-0.3, -0.25) is 9.59 Å². The normalized spacial score (nSPS) is 22.9. The topological polar surface area (TPSA) is 61.9 Å². The van der Waals surface area contributed by atoms with Gasteiger partial charge in [0.2, 0.25) is 0 Å². The van der Waals surface area contributed by atoms with Crippen molar-refractivity contribution in [2.75, 3.05) is 45.9 Å². The number of carbonyl (C=O) groups excluding carboxylic acids is 2. The third kappa shape index (κ3) is 4.33. The number of piperidine rings is 1. The van der Waals surface area contributed by atoms with Gasteiger partial charge in [-0.2, -0.15) is 0 Å². The first-order chi connectivity index (χ1) is 13.2. The second-order valence-electron chi connectivity index (χ2n) is 7.94. The van der Waals surface area contributed by atoms with Crippen molar-refractivity contribution in [1.82, 2.24) is 15.1 Å². The molecule has 0 aliphatic carbocycles. The Balaban J connectivity index is 1.33. The molecule has 0 radical (unpaired) electrons. The number of amides is 2. The van der Waals surface area contributed by atoms with Crippen LogP contribution >= 0.6 is 0 Å². The first-order valence-electron chi connectivity index (χ1n) is 10.2. The highest BCUT2D eigenvalue weighted by Crippen LogP contribution is 2.24. The molecular formula is C21H29N3O3. The summed E-state index contributed by atoms with van der Waals surface area (Å²) >= 11 is 0. The van der Waals surface area contributed by atoms with Crippen molar-refractivity contribution in [1.29, 1.82) is 0 Å². The van der Waals surface area contributed by atoms with E-state index in [0.29, 0.717) is 24.6 Å². The lowest BCUT2D eigenvalue weighted by Gasteiger charge is -2.28. The van der Waals surface area contributed by atoms with Gasteiger partial charge in [0.05, 0.1) is 6.61 Å². The van der Waals surface area contributed by atoms with Gasteiger partial charge in [0.1, 0.15) is 0 Å². The zero-order chi connectivity index (χ0) is 18.6. The molecule has 1 N–H and O–H groups in total. The van der Waals surface area contributed by atoms with Gasteiger partial charge in [-0.15, -0.1) is 0 Å². The van der Waals surface area contributed by atoms with Crippen LogP contribution in [0.5, 0.6) is 0 Å². The molecule has 1 unspecified atom stereocenters. The summed E-state index contributed by atoms with van der Waals surface area (Å²) < 4.78 is 5.35. The summed E-state index contributed by atoms with van der Waals surface area (Å²) in [6.45, 7) is 6.76. The largest absolute Gasteiger partial charge is 0.381 e. The van der Waals surface area contributed by atoms with E-state index in [1.807, 2.05) is 17.0 Å². The number of rotatable bonds is 6. The Bertz CT molecular complexity index is 694. The van der Waals surface area contributed by atoms with E-state index in [1.165, 1.54) is 19.3 Å². The standard InChI is InChI=1S/C21H29N3O3/c25-20(22-13-16-6-11-27-15-16)17-4-5-19-18(12-17)14-24(21(19)26)10-9-23-7-2-1-3-8-23/h4-5,12,16H,1-3,6-11,13-15H2,(H,22,25). The van der Waals surface area contributed by atoms with Crippen molar-refractivity contribution >= 4 is 11.8 Å². The molecule has 2 fully saturated rings. The number of nitrogens with zero attached hydrogens (tertiary/aromatic N) is 2. The Labute approximate surface area is 160 Å². The molecule has 6 nitrogen and oxygen atoms in total. The fourth-order valence-electron chi connectivity index (χ4n) is 4.23. The predicted octanol–water partition coefficient (Wildman–Crippen LogP) is 1.89. The fraction of sp³-hybridized carbons (Fsp3) is 0.619. The Kier molecular flexibility index (Phi) is 5.74. The van der Waals surface area contributed by atoms with Crippen LogP contribution in [0, 0.1) is 5.92 Å². The summed E-state index contributed by atoms with van der Waals surface area (Å²) in [4.78, 5) is 29.4. The van der Waals surface area contributed by atoms with Crippen LogP contribution in [-0.4, -0.2) is 67.6 Å². The summed E-state index contributed by atoms with van der Waals surface area (Å²) in [7, 11) is 0. The van der Waals surface area contributed by atoms with Gasteiger partial charge in [0.25, 0.3) is 11.8 Å². The van der Waals surface area contributed by atoms with Crippen molar-refractivity contribution in [3.63, 3.8) is 0 Å². The van der Waals surface area contributed by atoms with E-state index in [9.17, 15) is 9.59 Å². The maximum atomic E-state index is 12.6. The summed E-state index contributed by atoms with van der Waals surface area (Å²) in [6, 6.07) is 5.46. The molecule has 0 aromatic heterocycles. The SMILES string of the molecule is O=C(NCC1CCOC1)c1ccc2c(c1)CN(CCN1CCCCC1)C2=O. The van der Waals surface area contributed by atoms with E-state index in [2.05, 4.69) is 10.2 Å². The molecule has 0 bridgehead atoms. The first kappa shape index (κ1) is 18.4. The summed E-state index contributed by atoms with van der Waals surface area (Å²) in [5.74, 6) is 0.441. The van der Waals surface area contributed by atoms with Crippen LogP contribution in [0.25, 0.3) is 0 Å². The van der Waals surface area contributed by atoms with Crippen LogP contribution in [0.4, 0.5) is 0 Å². The number of hydrogen-bond donors (Lipinski definition) is 1. The van der Waals surface area contributed by atoms with E-state index in [0.717, 1.165) is 56.9 Å². The third-order valence-corrected chi connectivity index (χ3v) is 5.96. The van der Waals surface area contributed by atoms with Crippen molar-refractivity contribution in [3.05, 3.63) is 34.9 Å². The molecule has 6 heteroatoms. The van der Waals surface area contributed by atoms with Crippen LogP contribution in [-0.2, 0) is 11.3 Å². The number of ether oxygens (including phenoxy) is 1. The molecule has 1 atom stereocenters. The maximum absolute atomic E-state index is 12.6. The van der Waals surface area contributed by atoms with Crippen LogP contribution in [0.3, 0.4) is 0 Å². The van der Waals surface area contributed by atoms with Gasteiger partial charge in [-0.25, -0.2) is 0 Å². The lowest BCUT2D eigenvalue weighted by atomic mass is 10.1. The highest BCUT2D eigenvalue weighted by Gasteiger charge is 2.28. The number of nitrogens with one attached hydrogen (secondary N) is 1. The summed E-state index contributed by atoms with van der Waals surface area (Å²) in [5.41, 5.74) is 2.35. The van der Waals surface area contributed by atoms with Gasteiger partial charge in [0, 0.05) is 49.8 Å². The molecule has 2 amide bonds. The van der Waals surface area contributed by atoms with Gasteiger partial charge in [-0.1, -0.05) is 6.42 Å². The van der Waals surface area contributed by atoms with E-state index < -0.39 is 0 Å². The van der Waals surface area contributed by atoms with Crippen LogP contribution in [0.2, 0.25) is 0 Å². The molecule has 3 aliphatic rings. The molecule has 2 saturated heterocycles. The lowest BCUT2D eigenvalue weighted by Crippen LogP contribution is -2.38. The fourth-order valence-corrected chi connectivity index (χ4v) is 4.23. The zero-order valence-electron chi connectivity index (χ0n) is 15.9. The molecule has 27 heavy (non-hydrogen) atoms. The van der Waals surface area contributed by atoms with Crippen LogP contribution < -0.4 is 5.32 Å². The monoisotopic (exact) mass is 371 g/mol. The number of hydrogen-bond acceptors (Lipinski definition) is 4. The second-order valence-corrected chi connectivity index (χ2v) is 7.94.